The van der Waals surface area contributed by atoms with Crippen molar-refractivity contribution in [1.29, 1.82) is 0 Å². The molecule has 1 aromatic carbocycles. The van der Waals surface area contributed by atoms with Gasteiger partial charge in [-0.3, -0.25) is 4.57 Å². The second-order valence-electron chi connectivity index (χ2n) is 3.51. The Morgan fingerprint density at radius 3 is 2.72 bits per heavy atom. The molecular formula is C12H13N3O3. The summed E-state index contributed by atoms with van der Waals surface area (Å²) < 4.78 is 11.4. The molecule has 0 spiro atoms. The summed E-state index contributed by atoms with van der Waals surface area (Å²) in [5, 5.41) is 0. The number of benzene rings is 1. The SMILES string of the molecule is COC(=O)c1ncn(-c2ccccc2OC)c1N. The van der Waals surface area contributed by atoms with Crippen LogP contribution in [0.5, 0.6) is 5.75 Å². The molecule has 94 valence electrons. The highest BCUT2D eigenvalue weighted by molar-refractivity contribution is 5.92. The van der Waals surface area contributed by atoms with Crippen LogP contribution in [-0.4, -0.2) is 29.7 Å². The maximum Gasteiger partial charge on any atom is 0.360 e. The molecule has 0 aliphatic heterocycles. The first-order chi connectivity index (χ1) is 8.69. The van der Waals surface area contributed by atoms with E-state index < -0.39 is 5.97 Å². The predicted molar refractivity (Wildman–Crippen MR) is 65.9 cm³/mol. The third kappa shape index (κ3) is 1.88. The van der Waals surface area contributed by atoms with Gasteiger partial charge in [0.2, 0.25) is 0 Å². The smallest absolute Gasteiger partial charge is 0.360 e. The number of ether oxygens (including phenoxy) is 2. The lowest BCUT2D eigenvalue weighted by atomic mass is 10.3. The van der Waals surface area contributed by atoms with Crippen LogP contribution in [0.1, 0.15) is 10.5 Å². The summed E-state index contributed by atoms with van der Waals surface area (Å²) in [7, 11) is 2.84. The van der Waals surface area contributed by atoms with Crippen molar-refractivity contribution in [1.82, 2.24) is 9.55 Å². The van der Waals surface area contributed by atoms with Crippen LogP contribution in [0.25, 0.3) is 5.69 Å². The fourth-order valence-electron chi connectivity index (χ4n) is 1.63. The molecule has 0 radical (unpaired) electrons. The Bertz CT molecular complexity index is 578. The fraction of sp³-hybridized carbons (Fsp3) is 0.167. The monoisotopic (exact) mass is 247 g/mol. The lowest BCUT2D eigenvalue weighted by Gasteiger charge is -2.10. The van der Waals surface area contributed by atoms with Gasteiger partial charge in [0.15, 0.2) is 5.69 Å². The standard InChI is InChI=1S/C12H13N3O3/c1-17-9-6-4-3-5-8(9)15-7-14-10(11(15)13)12(16)18-2/h3-7H,13H2,1-2H3. The van der Waals surface area contributed by atoms with E-state index in [1.54, 1.807) is 17.7 Å². The van der Waals surface area contributed by atoms with Crippen LogP contribution in [0, 0.1) is 0 Å². The number of aromatic nitrogens is 2. The highest BCUT2D eigenvalue weighted by Gasteiger charge is 2.18. The number of anilines is 1. The van der Waals surface area contributed by atoms with E-state index in [-0.39, 0.29) is 11.5 Å². The van der Waals surface area contributed by atoms with Crippen molar-refractivity contribution in [2.45, 2.75) is 0 Å². The van der Waals surface area contributed by atoms with Gasteiger partial charge in [-0.1, -0.05) is 12.1 Å². The van der Waals surface area contributed by atoms with E-state index in [1.165, 1.54) is 13.4 Å². The van der Waals surface area contributed by atoms with Gasteiger partial charge in [0.1, 0.15) is 17.9 Å². The Kier molecular flexibility index (Phi) is 3.18. The highest BCUT2D eigenvalue weighted by Crippen LogP contribution is 2.25. The average Bonchev–Trinajstić information content (AvgIpc) is 2.79. The molecule has 6 heteroatoms. The number of hydrogen-bond donors (Lipinski definition) is 1. The number of rotatable bonds is 3. The predicted octanol–water partition coefficient (Wildman–Crippen LogP) is 1.25. The molecule has 1 heterocycles. The van der Waals surface area contributed by atoms with Gasteiger partial charge in [0, 0.05) is 0 Å². The zero-order chi connectivity index (χ0) is 13.1. The Balaban J connectivity index is 2.52. The minimum Gasteiger partial charge on any atom is -0.495 e. The molecule has 0 saturated carbocycles. The molecular weight excluding hydrogens is 234 g/mol. The Hall–Kier alpha value is -2.50. The van der Waals surface area contributed by atoms with Gasteiger partial charge in [0.25, 0.3) is 0 Å². The van der Waals surface area contributed by atoms with Crippen LogP contribution in [0.15, 0.2) is 30.6 Å². The van der Waals surface area contributed by atoms with Crippen molar-refractivity contribution in [2.24, 2.45) is 0 Å². The molecule has 0 atom stereocenters. The van der Waals surface area contributed by atoms with Gasteiger partial charge >= 0.3 is 5.97 Å². The van der Waals surface area contributed by atoms with Crippen LogP contribution < -0.4 is 10.5 Å². The van der Waals surface area contributed by atoms with Gasteiger partial charge in [-0.05, 0) is 12.1 Å². The van der Waals surface area contributed by atoms with E-state index in [2.05, 4.69) is 9.72 Å². The lowest BCUT2D eigenvalue weighted by Crippen LogP contribution is -2.08. The van der Waals surface area contributed by atoms with Gasteiger partial charge < -0.3 is 15.2 Å². The van der Waals surface area contributed by atoms with Crippen molar-refractivity contribution in [3.63, 3.8) is 0 Å². The fourth-order valence-corrected chi connectivity index (χ4v) is 1.63. The number of imidazole rings is 1. The summed E-state index contributed by atoms with van der Waals surface area (Å²) in [5.74, 6) is 0.283. The molecule has 0 unspecified atom stereocenters. The summed E-state index contributed by atoms with van der Waals surface area (Å²) in [4.78, 5) is 15.4. The quantitative estimate of drug-likeness (QED) is 0.826. The third-order valence-corrected chi connectivity index (χ3v) is 2.53. The van der Waals surface area contributed by atoms with E-state index in [9.17, 15) is 4.79 Å². The zero-order valence-corrected chi connectivity index (χ0v) is 10.1. The minimum absolute atomic E-state index is 0.0865. The van der Waals surface area contributed by atoms with E-state index in [4.69, 9.17) is 10.5 Å². The van der Waals surface area contributed by atoms with Crippen LogP contribution in [0.4, 0.5) is 5.82 Å². The van der Waals surface area contributed by atoms with Crippen LogP contribution in [-0.2, 0) is 4.74 Å². The molecule has 0 bridgehead atoms. The molecule has 2 aromatic rings. The van der Waals surface area contributed by atoms with Crippen molar-refractivity contribution in [3.8, 4) is 11.4 Å². The van der Waals surface area contributed by atoms with Crippen molar-refractivity contribution in [2.75, 3.05) is 20.0 Å². The molecule has 1 aromatic heterocycles. The normalized spacial score (nSPS) is 10.1. The second-order valence-corrected chi connectivity index (χ2v) is 3.51. The summed E-state index contributed by atoms with van der Waals surface area (Å²) in [5.41, 5.74) is 6.67. The van der Waals surface area contributed by atoms with E-state index in [1.807, 2.05) is 18.2 Å². The number of para-hydroxylation sites is 2. The average molecular weight is 247 g/mol. The largest absolute Gasteiger partial charge is 0.495 e. The molecule has 0 fully saturated rings. The minimum atomic E-state index is -0.568. The zero-order valence-electron chi connectivity index (χ0n) is 10.1. The maximum atomic E-state index is 11.4. The molecule has 2 rings (SSSR count). The molecule has 0 aliphatic carbocycles. The number of carbonyl (C=O) groups is 1. The van der Waals surface area contributed by atoms with Gasteiger partial charge in [-0.25, -0.2) is 9.78 Å². The van der Waals surface area contributed by atoms with Crippen molar-refractivity contribution >= 4 is 11.8 Å². The molecule has 0 amide bonds. The molecule has 6 nitrogen and oxygen atoms in total. The Labute approximate surface area is 104 Å². The number of esters is 1. The van der Waals surface area contributed by atoms with E-state index in [0.29, 0.717) is 11.4 Å². The number of nitrogen functional groups attached to an aromatic ring is 1. The first-order valence-electron chi connectivity index (χ1n) is 5.23. The number of hydrogen-bond acceptors (Lipinski definition) is 5. The summed E-state index contributed by atoms with van der Waals surface area (Å²) in [6.45, 7) is 0. The lowest BCUT2D eigenvalue weighted by molar-refractivity contribution is 0.0596. The second kappa shape index (κ2) is 4.79. The number of carbonyl (C=O) groups excluding carboxylic acids is 1. The van der Waals surface area contributed by atoms with Crippen LogP contribution in [0.3, 0.4) is 0 Å². The first kappa shape index (κ1) is 12.0. The van der Waals surface area contributed by atoms with E-state index >= 15 is 0 Å². The molecule has 18 heavy (non-hydrogen) atoms. The van der Waals surface area contributed by atoms with Gasteiger partial charge in [-0.2, -0.15) is 0 Å². The number of methoxy groups -OCH3 is 2. The van der Waals surface area contributed by atoms with Gasteiger partial charge in [0.05, 0.1) is 19.9 Å². The number of nitrogens with two attached hydrogens (primary N) is 1. The topological polar surface area (TPSA) is 79.4 Å². The maximum absolute atomic E-state index is 11.4. The first-order valence-corrected chi connectivity index (χ1v) is 5.23. The van der Waals surface area contributed by atoms with Crippen molar-refractivity contribution in [3.05, 3.63) is 36.3 Å². The highest BCUT2D eigenvalue weighted by atomic mass is 16.5. The van der Waals surface area contributed by atoms with Gasteiger partial charge in [-0.15, -0.1) is 0 Å². The van der Waals surface area contributed by atoms with Crippen LogP contribution in [0.2, 0.25) is 0 Å². The third-order valence-electron chi connectivity index (χ3n) is 2.53. The van der Waals surface area contributed by atoms with Crippen molar-refractivity contribution < 1.29 is 14.3 Å². The summed E-state index contributed by atoms with van der Waals surface area (Å²) in [6.07, 6.45) is 1.46. The Morgan fingerprint density at radius 2 is 2.06 bits per heavy atom. The summed E-state index contributed by atoms with van der Waals surface area (Å²) >= 11 is 0. The molecule has 2 N–H and O–H groups in total. The summed E-state index contributed by atoms with van der Waals surface area (Å²) in [6, 6.07) is 7.30. The van der Waals surface area contributed by atoms with Crippen LogP contribution >= 0.6 is 0 Å². The Morgan fingerprint density at radius 1 is 1.33 bits per heavy atom. The van der Waals surface area contributed by atoms with E-state index in [0.717, 1.165) is 0 Å². The molecule has 0 aliphatic rings. The molecule has 0 saturated heterocycles. The number of nitrogens with zero attached hydrogens (tertiary/aromatic N) is 2.